The summed E-state index contributed by atoms with van der Waals surface area (Å²) < 4.78 is 0. The first-order valence-corrected chi connectivity index (χ1v) is 6.80. The van der Waals surface area contributed by atoms with Crippen LogP contribution in [0.25, 0.3) is 0 Å². The third kappa shape index (κ3) is 4.40. The quantitative estimate of drug-likeness (QED) is 0.696. The van der Waals surface area contributed by atoms with E-state index in [1.54, 1.807) is 11.8 Å². The predicted octanol–water partition coefficient (Wildman–Crippen LogP) is 0.407. The lowest BCUT2D eigenvalue weighted by Crippen LogP contribution is -2.50. The zero-order chi connectivity index (χ0) is 15.3. The normalized spacial score (nSPS) is 17.7. The van der Waals surface area contributed by atoms with Gasteiger partial charge >= 0.3 is 12.0 Å². The monoisotopic (exact) mass is 285 g/mol. The molecule has 1 saturated heterocycles. The number of nitrogens with one attached hydrogen (secondary N) is 2. The number of nitrogens with zero attached hydrogens (tertiary/aromatic N) is 1. The molecular formula is C13H23N3O4. The van der Waals surface area contributed by atoms with Crippen LogP contribution in [0.15, 0.2) is 0 Å². The van der Waals surface area contributed by atoms with Gasteiger partial charge in [-0.2, -0.15) is 0 Å². The van der Waals surface area contributed by atoms with Crippen molar-refractivity contribution in [3.63, 3.8) is 0 Å². The summed E-state index contributed by atoms with van der Waals surface area (Å²) in [6, 6.07) is -0.290. The van der Waals surface area contributed by atoms with Gasteiger partial charge in [-0.3, -0.25) is 9.59 Å². The van der Waals surface area contributed by atoms with Crippen LogP contribution in [-0.2, 0) is 9.59 Å². The first-order valence-electron chi connectivity index (χ1n) is 6.80. The Kier molecular flexibility index (Phi) is 5.35. The molecule has 1 fully saturated rings. The minimum Gasteiger partial charge on any atom is -0.481 e. The van der Waals surface area contributed by atoms with Crippen molar-refractivity contribution < 1.29 is 19.5 Å². The van der Waals surface area contributed by atoms with E-state index < -0.39 is 11.4 Å². The number of hydrogen-bond acceptors (Lipinski definition) is 3. The van der Waals surface area contributed by atoms with E-state index >= 15 is 0 Å². The zero-order valence-electron chi connectivity index (χ0n) is 12.2. The Morgan fingerprint density at radius 2 is 1.80 bits per heavy atom. The summed E-state index contributed by atoms with van der Waals surface area (Å²) in [5.74, 6) is -1.06. The molecule has 1 aliphatic rings. The molecule has 20 heavy (non-hydrogen) atoms. The first kappa shape index (κ1) is 16.3. The highest BCUT2D eigenvalue weighted by atomic mass is 16.4. The molecule has 114 valence electrons. The number of carbonyl (C=O) groups is 3. The van der Waals surface area contributed by atoms with E-state index in [9.17, 15) is 14.4 Å². The Labute approximate surface area is 118 Å². The molecule has 7 nitrogen and oxygen atoms in total. The molecule has 3 amide bonds. The Hall–Kier alpha value is -1.79. The number of carboxylic acids is 1. The second-order valence-corrected chi connectivity index (χ2v) is 5.73. The average molecular weight is 285 g/mol. The fraction of sp³-hybridized carbons (Fsp3) is 0.769. The van der Waals surface area contributed by atoms with Crippen LogP contribution in [0, 0.1) is 5.41 Å². The molecule has 0 aromatic carbocycles. The number of urea groups is 1. The second kappa shape index (κ2) is 6.58. The van der Waals surface area contributed by atoms with Crippen molar-refractivity contribution in [3.8, 4) is 0 Å². The summed E-state index contributed by atoms with van der Waals surface area (Å²) in [5.41, 5.74) is -0.758. The van der Waals surface area contributed by atoms with Gasteiger partial charge in [-0.25, -0.2) is 4.79 Å². The Morgan fingerprint density at radius 1 is 1.25 bits per heavy atom. The molecule has 0 aromatic heterocycles. The van der Waals surface area contributed by atoms with Gasteiger partial charge in [-0.05, 0) is 33.6 Å². The lowest BCUT2D eigenvalue weighted by molar-refractivity contribution is -0.150. The maximum atomic E-state index is 11.9. The largest absolute Gasteiger partial charge is 0.481 e. The molecular weight excluding hydrogens is 262 g/mol. The van der Waals surface area contributed by atoms with Crippen molar-refractivity contribution in [2.75, 3.05) is 19.6 Å². The molecule has 1 heterocycles. The Morgan fingerprint density at radius 3 is 2.25 bits per heavy atom. The summed E-state index contributed by atoms with van der Waals surface area (Å²) in [4.78, 5) is 35.9. The van der Waals surface area contributed by atoms with E-state index in [0.717, 1.165) is 0 Å². The molecule has 3 N–H and O–H groups in total. The summed E-state index contributed by atoms with van der Waals surface area (Å²) in [6.07, 6.45) is 0.849. The number of rotatable bonds is 4. The summed E-state index contributed by atoms with van der Waals surface area (Å²) in [5, 5.41) is 14.3. The van der Waals surface area contributed by atoms with Crippen LogP contribution < -0.4 is 10.6 Å². The molecule has 1 rings (SSSR count). The zero-order valence-corrected chi connectivity index (χ0v) is 12.2. The molecule has 0 atom stereocenters. The third-order valence-corrected chi connectivity index (χ3v) is 3.52. The van der Waals surface area contributed by atoms with E-state index in [-0.39, 0.29) is 24.5 Å². The molecule has 0 saturated carbocycles. The fourth-order valence-electron chi connectivity index (χ4n) is 2.06. The number of carboxylic acid groups (broad SMARTS) is 1. The number of piperidine rings is 1. The van der Waals surface area contributed by atoms with Gasteiger partial charge < -0.3 is 20.6 Å². The molecule has 7 heteroatoms. The van der Waals surface area contributed by atoms with Crippen molar-refractivity contribution in [1.82, 2.24) is 15.5 Å². The first-order chi connectivity index (χ1) is 9.24. The van der Waals surface area contributed by atoms with Crippen molar-refractivity contribution >= 4 is 17.9 Å². The number of amides is 3. The summed E-state index contributed by atoms with van der Waals surface area (Å²) >= 11 is 0. The molecule has 0 aliphatic carbocycles. The number of carbonyl (C=O) groups excluding carboxylic acids is 2. The molecule has 0 radical (unpaired) electrons. The van der Waals surface area contributed by atoms with Gasteiger partial charge in [0, 0.05) is 19.1 Å². The highest BCUT2D eigenvalue weighted by Crippen LogP contribution is 2.30. The van der Waals surface area contributed by atoms with E-state index in [1.165, 1.54) is 0 Å². The lowest BCUT2D eigenvalue weighted by Gasteiger charge is -2.36. The van der Waals surface area contributed by atoms with Crippen LogP contribution in [0.5, 0.6) is 0 Å². The number of aliphatic carboxylic acids is 1. The van der Waals surface area contributed by atoms with Crippen LogP contribution in [0.4, 0.5) is 4.79 Å². The molecule has 1 aliphatic heterocycles. The van der Waals surface area contributed by atoms with Gasteiger partial charge in [0.05, 0.1) is 12.0 Å². The van der Waals surface area contributed by atoms with E-state index in [2.05, 4.69) is 10.6 Å². The second-order valence-electron chi connectivity index (χ2n) is 5.73. The number of likely N-dealkylation sites (tertiary alicyclic amines) is 1. The van der Waals surface area contributed by atoms with Crippen molar-refractivity contribution in [2.45, 2.75) is 39.7 Å². The smallest absolute Gasteiger partial charge is 0.317 e. The maximum absolute atomic E-state index is 11.9. The van der Waals surface area contributed by atoms with Crippen LogP contribution >= 0.6 is 0 Å². The lowest BCUT2D eigenvalue weighted by atomic mass is 9.80. The standard InChI is InChI=1S/C13H23N3O4/c1-9(2)15-10(17)8-14-12(20)16-6-4-13(3,5-7-16)11(18)19/h9H,4-8H2,1-3H3,(H,14,20)(H,15,17)(H,18,19). The molecule has 0 bridgehead atoms. The topological polar surface area (TPSA) is 98.7 Å². The highest BCUT2D eigenvalue weighted by molar-refractivity contribution is 5.84. The third-order valence-electron chi connectivity index (χ3n) is 3.52. The van der Waals surface area contributed by atoms with E-state index in [4.69, 9.17) is 5.11 Å². The Bertz CT molecular complexity index is 387. The van der Waals surface area contributed by atoms with Crippen LogP contribution in [0.3, 0.4) is 0 Å². The number of hydrogen-bond donors (Lipinski definition) is 3. The summed E-state index contributed by atoms with van der Waals surface area (Å²) in [7, 11) is 0. The van der Waals surface area contributed by atoms with Crippen LogP contribution in [0.1, 0.15) is 33.6 Å². The SMILES string of the molecule is CC(C)NC(=O)CNC(=O)N1CCC(C)(C(=O)O)CC1. The minimum atomic E-state index is -0.825. The van der Waals surface area contributed by atoms with Crippen LogP contribution in [0.2, 0.25) is 0 Å². The van der Waals surface area contributed by atoms with Gasteiger partial charge in [0.1, 0.15) is 0 Å². The predicted molar refractivity (Wildman–Crippen MR) is 73.2 cm³/mol. The van der Waals surface area contributed by atoms with Gasteiger partial charge in [-0.15, -0.1) is 0 Å². The van der Waals surface area contributed by atoms with Crippen LogP contribution in [-0.4, -0.2) is 53.6 Å². The fourth-order valence-corrected chi connectivity index (χ4v) is 2.06. The average Bonchev–Trinajstić information content (AvgIpc) is 2.36. The van der Waals surface area contributed by atoms with Gasteiger partial charge in [0.15, 0.2) is 0 Å². The van der Waals surface area contributed by atoms with E-state index in [1.807, 2.05) is 13.8 Å². The van der Waals surface area contributed by atoms with Crippen molar-refractivity contribution in [3.05, 3.63) is 0 Å². The molecule has 0 spiro atoms. The maximum Gasteiger partial charge on any atom is 0.317 e. The minimum absolute atomic E-state index is 0.0330. The Balaban J connectivity index is 2.36. The van der Waals surface area contributed by atoms with Crippen molar-refractivity contribution in [1.29, 1.82) is 0 Å². The van der Waals surface area contributed by atoms with Gasteiger partial charge in [0.2, 0.25) is 5.91 Å². The van der Waals surface area contributed by atoms with E-state index in [0.29, 0.717) is 25.9 Å². The highest BCUT2D eigenvalue weighted by Gasteiger charge is 2.37. The van der Waals surface area contributed by atoms with Gasteiger partial charge in [-0.1, -0.05) is 0 Å². The van der Waals surface area contributed by atoms with Crippen molar-refractivity contribution in [2.24, 2.45) is 5.41 Å². The summed E-state index contributed by atoms with van der Waals surface area (Å²) in [6.45, 7) is 6.10. The molecule has 0 aromatic rings. The molecule has 0 unspecified atom stereocenters. The van der Waals surface area contributed by atoms with Gasteiger partial charge in [0.25, 0.3) is 0 Å².